The molecule has 0 saturated heterocycles. The molecule has 0 amide bonds. The van der Waals surface area contributed by atoms with Crippen molar-refractivity contribution in [1.82, 2.24) is 19.8 Å². The lowest BCUT2D eigenvalue weighted by Gasteiger charge is -1.96. The van der Waals surface area contributed by atoms with Crippen molar-refractivity contribution in [3.63, 3.8) is 0 Å². The number of benzene rings is 1. The molecule has 0 bridgehead atoms. The Hall–Kier alpha value is -1.75. The van der Waals surface area contributed by atoms with Gasteiger partial charge in [-0.25, -0.2) is 0 Å². The van der Waals surface area contributed by atoms with Crippen molar-refractivity contribution in [2.75, 3.05) is 0 Å². The van der Waals surface area contributed by atoms with E-state index in [0.717, 1.165) is 34.2 Å². The Bertz CT molecular complexity index is 683. The van der Waals surface area contributed by atoms with Crippen LogP contribution in [-0.2, 0) is 6.42 Å². The van der Waals surface area contributed by atoms with Crippen molar-refractivity contribution in [2.24, 2.45) is 0 Å². The predicted molar refractivity (Wildman–Crippen MR) is 72.8 cm³/mol. The smallest absolute Gasteiger partial charge is 0.187 e. The Labute approximate surface area is 109 Å². The quantitative estimate of drug-likeness (QED) is 0.725. The minimum atomic E-state index is 0.870. The Balaban J connectivity index is 2.08. The van der Waals surface area contributed by atoms with Crippen LogP contribution in [0.2, 0.25) is 0 Å². The summed E-state index contributed by atoms with van der Waals surface area (Å²) < 4.78 is 1.87. The molecule has 4 nitrogen and oxygen atoms in total. The van der Waals surface area contributed by atoms with Crippen molar-refractivity contribution in [3.05, 3.63) is 35.7 Å². The molecule has 2 aromatic heterocycles. The Kier molecular flexibility index (Phi) is 2.83. The topological polar surface area (TPSA) is 43.1 Å². The van der Waals surface area contributed by atoms with Crippen LogP contribution in [0.15, 0.2) is 24.3 Å². The molecular weight excluding hydrogens is 244 g/mol. The van der Waals surface area contributed by atoms with Gasteiger partial charge in [-0.1, -0.05) is 42.0 Å². The van der Waals surface area contributed by atoms with Gasteiger partial charge in [0.1, 0.15) is 5.01 Å². The lowest BCUT2D eigenvalue weighted by molar-refractivity contribution is 0.778. The molecule has 0 unspecified atom stereocenters. The van der Waals surface area contributed by atoms with Crippen LogP contribution in [0.1, 0.15) is 24.7 Å². The number of fused-ring (bicyclic) bond motifs is 1. The van der Waals surface area contributed by atoms with Crippen LogP contribution in [-0.4, -0.2) is 19.8 Å². The number of aromatic nitrogens is 4. The first kappa shape index (κ1) is 11.3. The molecule has 0 aliphatic carbocycles. The van der Waals surface area contributed by atoms with Crippen molar-refractivity contribution in [2.45, 2.75) is 26.7 Å². The summed E-state index contributed by atoms with van der Waals surface area (Å²) in [5.41, 5.74) is 2.39. The van der Waals surface area contributed by atoms with Gasteiger partial charge < -0.3 is 0 Å². The molecule has 92 valence electrons. The minimum absolute atomic E-state index is 0.870. The van der Waals surface area contributed by atoms with Crippen LogP contribution < -0.4 is 0 Å². The van der Waals surface area contributed by atoms with E-state index in [0.29, 0.717) is 0 Å². The zero-order chi connectivity index (χ0) is 12.5. The molecule has 0 radical (unpaired) electrons. The fraction of sp³-hybridized carbons (Fsp3) is 0.308. The highest BCUT2D eigenvalue weighted by Crippen LogP contribution is 2.26. The van der Waals surface area contributed by atoms with Gasteiger partial charge in [-0.2, -0.15) is 9.61 Å². The monoisotopic (exact) mass is 258 g/mol. The summed E-state index contributed by atoms with van der Waals surface area (Å²) in [6.07, 6.45) is 1.97. The summed E-state index contributed by atoms with van der Waals surface area (Å²) in [6.45, 7) is 4.22. The largest absolute Gasteiger partial charge is 0.234 e. The zero-order valence-corrected chi connectivity index (χ0v) is 11.2. The minimum Gasteiger partial charge on any atom is -0.187 e. The summed E-state index contributed by atoms with van der Waals surface area (Å²) in [6, 6.07) is 8.37. The molecule has 18 heavy (non-hydrogen) atoms. The third kappa shape index (κ3) is 1.90. The van der Waals surface area contributed by atoms with E-state index in [4.69, 9.17) is 0 Å². The molecule has 0 fully saturated rings. The first-order chi connectivity index (χ1) is 8.78. The molecule has 0 spiro atoms. The lowest BCUT2D eigenvalue weighted by atomic mass is 10.1. The van der Waals surface area contributed by atoms with Gasteiger partial charge >= 0.3 is 0 Å². The third-order valence-corrected chi connectivity index (χ3v) is 3.74. The lowest BCUT2D eigenvalue weighted by Crippen LogP contribution is -1.95. The van der Waals surface area contributed by atoms with Crippen molar-refractivity contribution in [3.8, 4) is 10.6 Å². The van der Waals surface area contributed by atoms with E-state index >= 15 is 0 Å². The van der Waals surface area contributed by atoms with E-state index in [1.807, 2.05) is 4.52 Å². The maximum atomic E-state index is 4.61. The number of rotatable bonds is 3. The van der Waals surface area contributed by atoms with E-state index < -0.39 is 0 Å². The first-order valence-corrected chi connectivity index (χ1v) is 6.87. The molecular formula is C13H14N4S. The van der Waals surface area contributed by atoms with E-state index in [9.17, 15) is 0 Å². The van der Waals surface area contributed by atoms with Crippen LogP contribution in [0.5, 0.6) is 0 Å². The predicted octanol–water partition coefficient (Wildman–Crippen LogP) is 3.11. The molecule has 1 aromatic carbocycles. The maximum Gasteiger partial charge on any atom is 0.234 e. The van der Waals surface area contributed by atoms with Gasteiger partial charge in [0.15, 0.2) is 5.82 Å². The molecule has 3 aromatic rings. The standard InChI is InChI=1S/C13H14N4S/c1-3-5-11-14-15-13-17(11)16-12(18-13)10-7-4-6-9(2)8-10/h4,6-8H,3,5H2,1-2H3. The van der Waals surface area contributed by atoms with Gasteiger partial charge in [-0.3, -0.25) is 0 Å². The van der Waals surface area contributed by atoms with E-state index in [2.05, 4.69) is 53.4 Å². The van der Waals surface area contributed by atoms with Crippen LogP contribution in [0, 0.1) is 6.92 Å². The Morgan fingerprint density at radius 2 is 2.17 bits per heavy atom. The fourth-order valence-corrected chi connectivity index (χ4v) is 2.79. The number of nitrogens with zero attached hydrogens (tertiary/aromatic N) is 4. The Morgan fingerprint density at radius 1 is 1.28 bits per heavy atom. The second kappa shape index (κ2) is 4.49. The van der Waals surface area contributed by atoms with Crippen LogP contribution >= 0.6 is 11.3 Å². The molecule has 2 heterocycles. The number of hydrogen-bond donors (Lipinski definition) is 0. The van der Waals surface area contributed by atoms with Gasteiger partial charge in [0.05, 0.1) is 0 Å². The summed E-state index contributed by atoms with van der Waals surface area (Å²) in [4.78, 5) is 0.870. The summed E-state index contributed by atoms with van der Waals surface area (Å²) in [5.74, 6) is 0.947. The second-order valence-corrected chi connectivity index (χ2v) is 5.29. The van der Waals surface area contributed by atoms with E-state index in [1.54, 1.807) is 11.3 Å². The third-order valence-electron chi connectivity index (χ3n) is 2.79. The zero-order valence-electron chi connectivity index (χ0n) is 10.4. The van der Waals surface area contributed by atoms with E-state index in [-0.39, 0.29) is 0 Å². The Morgan fingerprint density at radius 3 is 2.94 bits per heavy atom. The van der Waals surface area contributed by atoms with Crippen molar-refractivity contribution < 1.29 is 0 Å². The SMILES string of the molecule is CCCc1nnc2sc(-c3cccc(C)c3)nn12. The summed E-state index contributed by atoms with van der Waals surface area (Å²) in [5, 5.41) is 13.9. The van der Waals surface area contributed by atoms with Crippen molar-refractivity contribution >= 4 is 16.3 Å². The molecule has 0 N–H and O–H groups in total. The summed E-state index contributed by atoms with van der Waals surface area (Å²) >= 11 is 1.58. The van der Waals surface area contributed by atoms with Crippen molar-refractivity contribution in [1.29, 1.82) is 0 Å². The van der Waals surface area contributed by atoms with Crippen LogP contribution in [0.4, 0.5) is 0 Å². The van der Waals surface area contributed by atoms with Gasteiger partial charge in [0, 0.05) is 12.0 Å². The number of aryl methyl sites for hydroxylation is 2. The second-order valence-electron chi connectivity index (χ2n) is 4.34. The average Bonchev–Trinajstić information content (AvgIpc) is 2.92. The van der Waals surface area contributed by atoms with Gasteiger partial charge in [-0.05, 0) is 19.4 Å². The van der Waals surface area contributed by atoms with Crippen LogP contribution in [0.25, 0.3) is 15.5 Å². The highest BCUT2D eigenvalue weighted by molar-refractivity contribution is 7.19. The summed E-state index contributed by atoms with van der Waals surface area (Å²) in [7, 11) is 0. The number of hydrogen-bond acceptors (Lipinski definition) is 4. The molecule has 0 aliphatic rings. The van der Waals surface area contributed by atoms with Gasteiger partial charge in [0.2, 0.25) is 4.96 Å². The normalized spacial score (nSPS) is 11.2. The molecule has 0 saturated carbocycles. The maximum absolute atomic E-state index is 4.61. The highest BCUT2D eigenvalue weighted by Gasteiger charge is 2.12. The molecule has 0 aliphatic heterocycles. The molecule has 5 heteroatoms. The van der Waals surface area contributed by atoms with E-state index in [1.165, 1.54) is 5.56 Å². The first-order valence-electron chi connectivity index (χ1n) is 6.06. The average molecular weight is 258 g/mol. The molecule has 0 atom stereocenters. The van der Waals surface area contributed by atoms with Gasteiger partial charge in [0.25, 0.3) is 0 Å². The van der Waals surface area contributed by atoms with Gasteiger partial charge in [-0.15, -0.1) is 10.2 Å². The van der Waals surface area contributed by atoms with Crippen LogP contribution in [0.3, 0.4) is 0 Å². The molecule has 3 rings (SSSR count). The highest BCUT2D eigenvalue weighted by atomic mass is 32.1. The fourth-order valence-electron chi connectivity index (χ4n) is 1.93.